The molecule has 0 fully saturated rings. The van der Waals surface area contributed by atoms with Crippen molar-refractivity contribution in [2.45, 2.75) is 19.9 Å². The third-order valence-corrected chi connectivity index (χ3v) is 2.29. The molecule has 0 unspecified atom stereocenters. The normalized spacial score (nSPS) is 14.9. The van der Waals surface area contributed by atoms with Crippen LogP contribution < -0.4 is 16.2 Å². The van der Waals surface area contributed by atoms with E-state index in [0.29, 0.717) is 12.5 Å². The summed E-state index contributed by atoms with van der Waals surface area (Å²) < 4.78 is 0. The minimum Gasteiger partial charge on any atom is -0.356 e. The lowest BCUT2D eigenvalue weighted by Gasteiger charge is -2.15. The highest BCUT2D eigenvalue weighted by molar-refractivity contribution is 5.30. The van der Waals surface area contributed by atoms with Crippen molar-refractivity contribution in [3.05, 3.63) is 21.6 Å². The number of aromatic amines is 1. The fourth-order valence-corrected chi connectivity index (χ4v) is 1.60. The Morgan fingerprint density at radius 1 is 1.57 bits per heavy atom. The molecule has 1 aliphatic heterocycles. The maximum atomic E-state index is 11.6. The topological polar surface area (TPSA) is 69.8 Å². The van der Waals surface area contributed by atoms with Crippen molar-refractivity contribution >= 4 is 5.95 Å². The summed E-state index contributed by atoms with van der Waals surface area (Å²) in [4.78, 5) is 18.7. The van der Waals surface area contributed by atoms with Crippen LogP contribution in [0, 0.1) is 0 Å². The second-order valence-electron chi connectivity index (χ2n) is 3.30. The maximum Gasteiger partial charge on any atom is 0.257 e. The number of H-pyrrole nitrogens is 1. The molecule has 3 N–H and O–H groups in total. The molecule has 0 spiro atoms. The molecular weight excluding hydrogens is 180 g/mol. The summed E-state index contributed by atoms with van der Waals surface area (Å²) in [5.74, 6) is 0.582. The second kappa shape index (κ2) is 3.79. The summed E-state index contributed by atoms with van der Waals surface area (Å²) in [5.41, 5.74) is 1.67. The molecule has 0 bridgehead atoms. The van der Waals surface area contributed by atoms with Gasteiger partial charge in [0.1, 0.15) is 0 Å². The number of hydrogen-bond acceptors (Lipinski definition) is 4. The number of aromatic nitrogens is 2. The standard InChI is InChI=1S/C9H14N4O/c1-2-11-9-12-7-3-4-10-5-6(7)8(14)13-9/h10H,2-5H2,1H3,(H2,11,12,13,14). The van der Waals surface area contributed by atoms with Crippen LogP contribution in [-0.4, -0.2) is 23.1 Å². The molecule has 1 aromatic heterocycles. The average molecular weight is 194 g/mol. The Kier molecular flexibility index (Phi) is 2.49. The van der Waals surface area contributed by atoms with E-state index < -0.39 is 0 Å². The van der Waals surface area contributed by atoms with Crippen LogP contribution in [0.1, 0.15) is 18.2 Å². The Labute approximate surface area is 82.0 Å². The third kappa shape index (κ3) is 1.63. The highest BCUT2D eigenvalue weighted by atomic mass is 16.1. The monoisotopic (exact) mass is 194 g/mol. The van der Waals surface area contributed by atoms with Crippen LogP contribution in [0.4, 0.5) is 5.95 Å². The SMILES string of the molecule is CCNc1nc2c(c(=O)[nH]1)CNCC2. The van der Waals surface area contributed by atoms with Gasteiger partial charge in [-0.2, -0.15) is 0 Å². The molecular formula is C9H14N4O. The highest BCUT2D eigenvalue weighted by Gasteiger charge is 2.14. The fourth-order valence-electron chi connectivity index (χ4n) is 1.60. The van der Waals surface area contributed by atoms with Crippen molar-refractivity contribution in [1.29, 1.82) is 0 Å². The van der Waals surface area contributed by atoms with Crippen molar-refractivity contribution in [1.82, 2.24) is 15.3 Å². The first-order chi connectivity index (χ1) is 6.81. The zero-order valence-corrected chi connectivity index (χ0v) is 8.18. The van der Waals surface area contributed by atoms with E-state index >= 15 is 0 Å². The van der Waals surface area contributed by atoms with Gasteiger partial charge in [0, 0.05) is 26.1 Å². The van der Waals surface area contributed by atoms with Crippen molar-refractivity contribution in [3.8, 4) is 0 Å². The van der Waals surface area contributed by atoms with Gasteiger partial charge in [0.25, 0.3) is 5.56 Å². The summed E-state index contributed by atoms with van der Waals surface area (Å²) in [6, 6.07) is 0. The number of nitrogens with one attached hydrogen (secondary N) is 3. The van der Waals surface area contributed by atoms with Gasteiger partial charge in [-0.25, -0.2) is 4.98 Å². The summed E-state index contributed by atoms with van der Waals surface area (Å²) >= 11 is 0. The van der Waals surface area contributed by atoms with Gasteiger partial charge in [0.2, 0.25) is 5.95 Å². The van der Waals surface area contributed by atoms with Crippen LogP contribution in [0.15, 0.2) is 4.79 Å². The van der Waals surface area contributed by atoms with Crippen LogP contribution in [0.25, 0.3) is 0 Å². The molecule has 76 valence electrons. The molecule has 14 heavy (non-hydrogen) atoms. The Hall–Kier alpha value is -1.36. The second-order valence-corrected chi connectivity index (χ2v) is 3.30. The zero-order valence-electron chi connectivity index (χ0n) is 8.18. The molecule has 0 atom stereocenters. The molecule has 5 heteroatoms. The number of nitrogens with zero attached hydrogens (tertiary/aromatic N) is 1. The Morgan fingerprint density at radius 2 is 2.43 bits per heavy atom. The molecule has 0 saturated heterocycles. The van der Waals surface area contributed by atoms with E-state index in [9.17, 15) is 4.79 Å². The van der Waals surface area contributed by atoms with Gasteiger partial charge >= 0.3 is 0 Å². The lowest BCUT2D eigenvalue weighted by molar-refractivity contribution is 0.621. The largest absolute Gasteiger partial charge is 0.356 e. The predicted molar refractivity (Wildman–Crippen MR) is 54.4 cm³/mol. The number of rotatable bonds is 2. The zero-order chi connectivity index (χ0) is 9.97. The van der Waals surface area contributed by atoms with Gasteiger partial charge in [-0.3, -0.25) is 9.78 Å². The van der Waals surface area contributed by atoms with E-state index in [2.05, 4.69) is 20.6 Å². The molecule has 2 rings (SSSR count). The molecule has 5 nitrogen and oxygen atoms in total. The molecule has 0 saturated carbocycles. The van der Waals surface area contributed by atoms with E-state index in [1.807, 2.05) is 6.92 Å². The van der Waals surface area contributed by atoms with Gasteiger partial charge in [0.05, 0.1) is 11.3 Å². The molecule has 0 radical (unpaired) electrons. The van der Waals surface area contributed by atoms with E-state index in [1.165, 1.54) is 0 Å². The quantitative estimate of drug-likeness (QED) is 0.612. The minimum atomic E-state index is -0.0295. The van der Waals surface area contributed by atoms with Crippen molar-refractivity contribution < 1.29 is 0 Å². The van der Waals surface area contributed by atoms with Crippen LogP contribution in [0.2, 0.25) is 0 Å². The molecule has 1 aliphatic rings. The maximum absolute atomic E-state index is 11.6. The van der Waals surface area contributed by atoms with Gasteiger partial charge < -0.3 is 10.6 Å². The van der Waals surface area contributed by atoms with Gasteiger partial charge in [-0.15, -0.1) is 0 Å². The average Bonchev–Trinajstić information content (AvgIpc) is 2.18. The van der Waals surface area contributed by atoms with E-state index in [4.69, 9.17) is 0 Å². The van der Waals surface area contributed by atoms with Crippen LogP contribution in [-0.2, 0) is 13.0 Å². The fraction of sp³-hybridized carbons (Fsp3) is 0.556. The minimum absolute atomic E-state index is 0.0295. The molecule has 0 aromatic carbocycles. The lowest BCUT2D eigenvalue weighted by atomic mass is 10.1. The van der Waals surface area contributed by atoms with Crippen molar-refractivity contribution in [3.63, 3.8) is 0 Å². The lowest BCUT2D eigenvalue weighted by Crippen LogP contribution is -2.32. The van der Waals surface area contributed by atoms with Gasteiger partial charge in [-0.1, -0.05) is 0 Å². The number of anilines is 1. The summed E-state index contributed by atoms with van der Waals surface area (Å²) in [5, 5.41) is 6.16. The first-order valence-corrected chi connectivity index (χ1v) is 4.88. The Morgan fingerprint density at radius 3 is 3.21 bits per heavy atom. The third-order valence-electron chi connectivity index (χ3n) is 2.29. The molecule has 0 aliphatic carbocycles. The smallest absolute Gasteiger partial charge is 0.257 e. The van der Waals surface area contributed by atoms with E-state index in [1.54, 1.807) is 0 Å². The van der Waals surface area contributed by atoms with Crippen LogP contribution in [0.3, 0.4) is 0 Å². The Bertz CT molecular complexity index is 385. The van der Waals surface area contributed by atoms with Crippen molar-refractivity contribution in [2.75, 3.05) is 18.4 Å². The Balaban J connectivity index is 2.41. The van der Waals surface area contributed by atoms with Gasteiger partial charge in [-0.05, 0) is 6.92 Å². The summed E-state index contributed by atoms with van der Waals surface area (Å²) in [6.07, 6.45) is 0.831. The van der Waals surface area contributed by atoms with E-state index in [-0.39, 0.29) is 5.56 Å². The first kappa shape index (κ1) is 9.21. The molecule has 1 aromatic rings. The summed E-state index contributed by atoms with van der Waals surface area (Å²) in [7, 11) is 0. The molecule has 0 amide bonds. The van der Waals surface area contributed by atoms with Gasteiger partial charge in [0.15, 0.2) is 0 Å². The van der Waals surface area contributed by atoms with Crippen LogP contribution in [0.5, 0.6) is 0 Å². The summed E-state index contributed by atoms with van der Waals surface area (Å²) in [6.45, 7) is 4.26. The number of hydrogen-bond donors (Lipinski definition) is 3. The molecule has 2 heterocycles. The predicted octanol–water partition coefficient (Wildman–Crippen LogP) is -0.153. The number of fused-ring (bicyclic) bond motifs is 1. The van der Waals surface area contributed by atoms with Crippen molar-refractivity contribution in [2.24, 2.45) is 0 Å². The highest BCUT2D eigenvalue weighted by Crippen LogP contribution is 2.07. The van der Waals surface area contributed by atoms with Crippen LogP contribution >= 0.6 is 0 Å². The van der Waals surface area contributed by atoms with E-state index in [0.717, 1.165) is 30.8 Å². The first-order valence-electron chi connectivity index (χ1n) is 4.88.